The van der Waals surface area contributed by atoms with Crippen molar-refractivity contribution >= 4 is 0 Å². The zero-order chi connectivity index (χ0) is 11.6. The Bertz CT molecular complexity index is 340. The third-order valence-corrected chi connectivity index (χ3v) is 3.36. The van der Waals surface area contributed by atoms with Crippen molar-refractivity contribution < 1.29 is 5.11 Å². The average molecular weight is 223 g/mol. The van der Waals surface area contributed by atoms with Crippen LogP contribution in [0, 0.1) is 0 Å². The molecule has 0 saturated carbocycles. The molecule has 0 aliphatic carbocycles. The summed E-state index contributed by atoms with van der Waals surface area (Å²) in [6.07, 6.45) is 8.00. The minimum Gasteiger partial charge on any atom is -0.382 e. The highest BCUT2D eigenvalue weighted by Gasteiger charge is 2.31. The summed E-state index contributed by atoms with van der Waals surface area (Å²) in [5.74, 6) is 0.750. The Morgan fingerprint density at radius 3 is 3.00 bits per heavy atom. The summed E-state index contributed by atoms with van der Waals surface area (Å²) >= 11 is 0. The van der Waals surface area contributed by atoms with Crippen LogP contribution in [0.3, 0.4) is 0 Å². The number of aryl methyl sites for hydroxylation is 1. The lowest BCUT2D eigenvalue weighted by molar-refractivity contribution is 0.0221. The molecule has 0 radical (unpaired) electrons. The number of nitrogens with one attached hydrogen (secondary N) is 1. The van der Waals surface area contributed by atoms with E-state index < -0.39 is 5.60 Å². The molecule has 2 heterocycles. The van der Waals surface area contributed by atoms with E-state index in [0.717, 1.165) is 25.2 Å². The van der Waals surface area contributed by atoms with Gasteiger partial charge in [-0.25, -0.2) is 4.98 Å². The first-order valence-corrected chi connectivity index (χ1v) is 6.03. The molecule has 0 bridgehead atoms. The number of imidazole rings is 1. The zero-order valence-electron chi connectivity index (χ0n) is 10.1. The van der Waals surface area contributed by atoms with E-state index in [1.54, 1.807) is 6.20 Å². The Hall–Kier alpha value is -0.870. The fourth-order valence-electron chi connectivity index (χ4n) is 2.55. The zero-order valence-corrected chi connectivity index (χ0v) is 10.1. The largest absolute Gasteiger partial charge is 0.382 e. The lowest BCUT2D eigenvalue weighted by Crippen LogP contribution is -2.40. The third-order valence-electron chi connectivity index (χ3n) is 3.36. The minimum absolute atomic E-state index is 0.417. The first-order valence-electron chi connectivity index (χ1n) is 6.03. The van der Waals surface area contributed by atoms with Gasteiger partial charge in [-0.15, -0.1) is 0 Å². The van der Waals surface area contributed by atoms with Gasteiger partial charge in [0.2, 0.25) is 0 Å². The summed E-state index contributed by atoms with van der Waals surface area (Å²) in [6.45, 7) is 2.92. The number of hydrogen-bond acceptors (Lipinski definition) is 3. The van der Waals surface area contributed by atoms with Crippen LogP contribution in [0.25, 0.3) is 0 Å². The van der Waals surface area contributed by atoms with Crippen molar-refractivity contribution in [2.24, 2.45) is 7.05 Å². The minimum atomic E-state index is -0.840. The predicted octanol–water partition coefficient (Wildman–Crippen LogP) is 1.16. The highest BCUT2D eigenvalue weighted by atomic mass is 16.3. The summed E-state index contributed by atoms with van der Waals surface area (Å²) in [6, 6.07) is 0.417. The SMILES string of the molecule is Cn1ccnc1C(C)(O)CC1CCCCN1. The Kier molecular flexibility index (Phi) is 3.30. The normalized spacial score (nSPS) is 25.3. The molecule has 2 unspecified atom stereocenters. The van der Waals surface area contributed by atoms with Crippen molar-refractivity contribution in [1.82, 2.24) is 14.9 Å². The maximum atomic E-state index is 10.5. The topological polar surface area (TPSA) is 50.1 Å². The van der Waals surface area contributed by atoms with Crippen molar-refractivity contribution in [2.45, 2.75) is 44.2 Å². The summed E-state index contributed by atoms with van der Waals surface area (Å²) in [5.41, 5.74) is -0.840. The van der Waals surface area contributed by atoms with E-state index in [1.165, 1.54) is 12.8 Å². The standard InChI is InChI=1S/C12H21N3O/c1-12(16,11-14-7-8-15(11)2)9-10-5-3-4-6-13-10/h7-8,10,13,16H,3-6,9H2,1-2H3. The lowest BCUT2D eigenvalue weighted by Gasteiger charge is -2.31. The van der Waals surface area contributed by atoms with Crippen molar-refractivity contribution in [2.75, 3.05) is 6.54 Å². The van der Waals surface area contributed by atoms with Crippen molar-refractivity contribution in [3.05, 3.63) is 18.2 Å². The molecular weight excluding hydrogens is 202 g/mol. The average Bonchev–Trinajstić information content (AvgIpc) is 2.66. The summed E-state index contributed by atoms with van der Waals surface area (Å²) in [5, 5.41) is 13.9. The first kappa shape index (κ1) is 11.6. The fourth-order valence-corrected chi connectivity index (χ4v) is 2.55. The molecule has 1 aromatic rings. The Balaban J connectivity index is 2.04. The number of aromatic nitrogens is 2. The number of nitrogens with zero attached hydrogens (tertiary/aromatic N) is 2. The van der Waals surface area contributed by atoms with Crippen LogP contribution in [-0.4, -0.2) is 27.2 Å². The Morgan fingerprint density at radius 1 is 1.62 bits per heavy atom. The van der Waals surface area contributed by atoms with Gasteiger partial charge in [-0.2, -0.15) is 0 Å². The number of piperidine rings is 1. The van der Waals surface area contributed by atoms with Gasteiger partial charge < -0.3 is 15.0 Å². The lowest BCUT2D eigenvalue weighted by atomic mass is 9.91. The number of hydrogen-bond donors (Lipinski definition) is 2. The van der Waals surface area contributed by atoms with Crippen LogP contribution in [0.1, 0.15) is 38.4 Å². The van der Waals surface area contributed by atoms with Crippen LogP contribution in [-0.2, 0) is 12.6 Å². The predicted molar refractivity (Wildman–Crippen MR) is 63.0 cm³/mol. The van der Waals surface area contributed by atoms with Gasteiger partial charge in [0, 0.05) is 25.5 Å². The van der Waals surface area contributed by atoms with Crippen LogP contribution in [0.15, 0.2) is 12.4 Å². The van der Waals surface area contributed by atoms with Gasteiger partial charge in [0.05, 0.1) is 0 Å². The first-order chi connectivity index (χ1) is 7.59. The fraction of sp³-hybridized carbons (Fsp3) is 0.750. The van der Waals surface area contributed by atoms with Crippen LogP contribution in [0.2, 0.25) is 0 Å². The molecule has 2 atom stereocenters. The van der Waals surface area contributed by atoms with Crippen LogP contribution in [0.4, 0.5) is 0 Å². The monoisotopic (exact) mass is 223 g/mol. The second-order valence-corrected chi connectivity index (χ2v) is 4.99. The molecule has 0 amide bonds. The van der Waals surface area contributed by atoms with Crippen LogP contribution < -0.4 is 5.32 Å². The van der Waals surface area contributed by atoms with Crippen molar-refractivity contribution in [3.63, 3.8) is 0 Å². The van der Waals surface area contributed by atoms with E-state index >= 15 is 0 Å². The molecule has 2 N–H and O–H groups in total. The molecular formula is C12H21N3O. The molecule has 1 aromatic heterocycles. The molecule has 4 nitrogen and oxygen atoms in total. The Labute approximate surface area is 96.7 Å². The molecule has 16 heavy (non-hydrogen) atoms. The van der Waals surface area contributed by atoms with Crippen molar-refractivity contribution in [1.29, 1.82) is 0 Å². The molecule has 1 aliphatic rings. The third kappa shape index (κ3) is 2.44. The second kappa shape index (κ2) is 4.55. The van der Waals surface area contributed by atoms with Gasteiger partial charge in [0.25, 0.3) is 0 Å². The molecule has 1 fully saturated rings. The molecule has 90 valence electrons. The van der Waals surface area contributed by atoms with E-state index in [1.807, 2.05) is 24.7 Å². The molecule has 0 aromatic carbocycles. The molecule has 4 heteroatoms. The maximum absolute atomic E-state index is 10.5. The molecule has 1 saturated heterocycles. The van der Waals surface area contributed by atoms with Crippen LogP contribution >= 0.6 is 0 Å². The van der Waals surface area contributed by atoms with Gasteiger partial charge >= 0.3 is 0 Å². The number of rotatable bonds is 3. The summed E-state index contributed by atoms with van der Waals surface area (Å²) in [4.78, 5) is 4.24. The smallest absolute Gasteiger partial charge is 0.140 e. The molecule has 2 rings (SSSR count). The summed E-state index contributed by atoms with van der Waals surface area (Å²) < 4.78 is 1.89. The van der Waals surface area contributed by atoms with E-state index in [2.05, 4.69) is 10.3 Å². The van der Waals surface area contributed by atoms with Gasteiger partial charge in [0.1, 0.15) is 11.4 Å². The quantitative estimate of drug-likeness (QED) is 0.808. The summed E-state index contributed by atoms with van der Waals surface area (Å²) in [7, 11) is 1.92. The van der Waals surface area contributed by atoms with Gasteiger partial charge in [-0.1, -0.05) is 6.42 Å². The van der Waals surface area contributed by atoms with E-state index in [4.69, 9.17) is 0 Å². The maximum Gasteiger partial charge on any atom is 0.140 e. The van der Waals surface area contributed by atoms with E-state index in [-0.39, 0.29) is 0 Å². The van der Waals surface area contributed by atoms with Gasteiger partial charge in [-0.05, 0) is 32.7 Å². The van der Waals surface area contributed by atoms with E-state index in [0.29, 0.717) is 6.04 Å². The Morgan fingerprint density at radius 2 is 2.44 bits per heavy atom. The molecule has 0 spiro atoms. The highest BCUT2D eigenvalue weighted by Crippen LogP contribution is 2.26. The van der Waals surface area contributed by atoms with E-state index in [9.17, 15) is 5.11 Å². The van der Waals surface area contributed by atoms with Crippen LogP contribution in [0.5, 0.6) is 0 Å². The van der Waals surface area contributed by atoms with Gasteiger partial charge in [0.15, 0.2) is 0 Å². The highest BCUT2D eigenvalue weighted by molar-refractivity contribution is 5.04. The molecule has 1 aliphatic heterocycles. The second-order valence-electron chi connectivity index (χ2n) is 4.99. The number of aliphatic hydroxyl groups is 1. The van der Waals surface area contributed by atoms with Gasteiger partial charge in [-0.3, -0.25) is 0 Å². The van der Waals surface area contributed by atoms with Crippen molar-refractivity contribution in [3.8, 4) is 0 Å².